The van der Waals surface area contributed by atoms with Gasteiger partial charge in [0.05, 0.1) is 17.2 Å². The number of carbonyl (C=O) groups excluding carboxylic acids is 2. The number of nitrogens with zero attached hydrogens (tertiary/aromatic N) is 2. The van der Waals surface area contributed by atoms with Crippen LogP contribution in [0, 0.1) is 0 Å². The van der Waals surface area contributed by atoms with Gasteiger partial charge in [-0.25, -0.2) is 9.78 Å². The predicted octanol–water partition coefficient (Wildman–Crippen LogP) is 3.38. The standard InChI is InChI=1S/C19H21N3O2S/c1-2-6-16-20-14(12-25-16)11-22-17(23)19(21-18(22)24)10-5-8-13-7-3-4-9-15(13)19/h3-4,7,9,12H,2,5-6,8,10-11H2,1H3,(H,21,24). The van der Waals surface area contributed by atoms with Crippen molar-refractivity contribution in [1.82, 2.24) is 15.2 Å². The molecule has 6 heteroatoms. The molecule has 0 bridgehead atoms. The summed E-state index contributed by atoms with van der Waals surface area (Å²) in [6.07, 6.45) is 4.48. The molecule has 1 spiro atoms. The van der Waals surface area contributed by atoms with Gasteiger partial charge in [-0.2, -0.15) is 0 Å². The van der Waals surface area contributed by atoms with Crippen molar-refractivity contribution in [3.63, 3.8) is 0 Å². The van der Waals surface area contributed by atoms with Crippen LogP contribution in [0.5, 0.6) is 0 Å². The molecule has 1 aromatic carbocycles. The molecule has 3 amide bonds. The number of aromatic nitrogens is 1. The number of imide groups is 1. The third-order valence-corrected chi connectivity index (χ3v) is 5.99. The topological polar surface area (TPSA) is 62.3 Å². The Morgan fingerprint density at radius 1 is 1.32 bits per heavy atom. The SMILES string of the molecule is CCCc1nc(CN2C(=O)NC3(CCCc4ccccc43)C2=O)cs1. The lowest BCUT2D eigenvalue weighted by molar-refractivity contribution is -0.132. The van der Waals surface area contributed by atoms with Gasteiger partial charge in [0.1, 0.15) is 5.54 Å². The predicted molar refractivity (Wildman–Crippen MR) is 96.2 cm³/mol. The highest BCUT2D eigenvalue weighted by molar-refractivity contribution is 7.09. The van der Waals surface area contributed by atoms with Crippen LogP contribution in [0.4, 0.5) is 4.79 Å². The van der Waals surface area contributed by atoms with E-state index in [1.54, 1.807) is 11.3 Å². The van der Waals surface area contributed by atoms with E-state index in [2.05, 4.69) is 23.3 Å². The van der Waals surface area contributed by atoms with Gasteiger partial charge in [-0.1, -0.05) is 31.2 Å². The van der Waals surface area contributed by atoms with Gasteiger partial charge >= 0.3 is 6.03 Å². The molecule has 0 radical (unpaired) electrons. The van der Waals surface area contributed by atoms with Gasteiger partial charge in [0.25, 0.3) is 5.91 Å². The van der Waals surface area contributed by atoms with Crippen molar-refractivity contribution in [2.45, 2.75) is 51.1 Å². The second-order valence-corrected chi connectivity index (χ2v) is 7.66. The van der Waals surface area contributed by atoms with E-state index in [1.807, 2.05) is 23.6 Å². The lowest BCUT2D eigenvalue weighted by atomic mass is 9.76. The molecular weight excluding hydrogens is 334 g/mol. The number of urea groups is 1. The third kappa shape index (κ3) is 2.65. The summed E-state index contributed by atoms with van der Waals surface area (Å²) in [6, 6.07) is 7.63. The van der Waals surface area contributed by atoms with Crippen molar-refractivity contribution in [3.05, 3.63) is 51.5 Å². The van der Waals surface area contributed by atoms with Crippen LogP contribution in [-0.2, 0) is 29.7 Å². The van der Waals surface area contributed by atoms with E-state index in [4.69, 9.17) is 0 Å². The Morgan fingerprint density at radius 3 is 3.00 bits per heavy atom. The highest BCUT2D eigenvalue weighted by Gasteiger charge is 2.53. The molecular formula is C19H21N3O2S. The molecule has 1 aliphatic carbocycles. The number of nitrogens with one attached hydrogen (secondary N) is 1. The first-order valence-corrected chi connectivity index (χ1v) is 9.68. The summed E-state index contributed by atoms with van der Waals surface area (Å²) < 4.78 is 0. The van der Waals surface area contributed by atoms with E-state index in [1.165, 1.54) is 4.90 Å². The number of fused-ring (bicyclic) bond motifs is 2. The fourth-order valence-electron chi connectivity index (χ4n) is 3.87. The Morgan fingerprint density at radius 2 is 2.16 bits per heavy atom. The zero-order chi connectivity index (χ0) is 17.4. The molecule has 2 aromatic rings. The first-order valence-electron chi connectivity index (χ1n) is 8.80. The molecule has 1 fully saturated rings. The van der Waals surface area contributed by atoms with E-state index in [0.29, 0.717) is 6.42 Å². The lowest BCUT2D eigenvalue weighted by Crippen LogP contribution is -2.46. The minimum absolute atomic E-state index is 0.144. The molecule has 25 heavy (non-hydrogen) atoms. The summed E-state index contributed by atoms with van der Waals surface area (Å²) in [6.45, 7) is 2.36. The van der Waals surface area contributed by atoms with E-state index < -0.39 is 5.54 Å². The Balaban J connectivity index is 1.62. The van der Waals surface area contributed by atoms with Gasteiger partial charge in [-0.05, 0) is 43.2 Å². The number of hydrogen-bond donors (Lipinski definition) is 1. The summed E-state index contributed by atoms with van der Waals surface area (Å²) >= 11 is 1.59. The molecule has 2 heterocycles. The van der Waals surface area contributed by atoms with Gasteiger partial charge in [-0.15, -0.1) is 11.3 Å². The number of benzene rings is 1. The quantitative estimate of drug-likeness (QED) is 0.855. The van der Waals surface area contributed by atoms with Gasteiger partial charge in [0, 0.05) is 5.38 Å². The first kappa shape index (κ1) is 16.3. The highest BCUT2D eigenvalue weighted by Crippen LogP contribution is 2.40. The lowest BCUT2D eigenvalue weighted by Gasteiger charge is -2.33. The summed E-state index contributed by atoms with van der Waals surface area (Å²) in [7, 11) is 0. The molecule has 5 nitrogen and oxygen atoms in total. The van der Waals surface area contributed by atoms with Crippen molar-refractivity contribution in [2.75, 3.05) is 0 Å². The fourth-order valence-corrected chi connectivity index (χ4v) is 4.76. The monoisotopic (exact) mass is 355 g/mol. The molecule has 130 valence electrons. The van der Waals surface area contributed by atoms with E-state index in [0.717, 1.165) is 47.5 Å². The van der Waals surface area contributed by atoms with Crippen LogP contribution in [0.1, 0.15) is 48.0 Å². The molecule has 0 saturated carbocycles. The molecule has 1 saturated heterocycles. The van der Waals surface area contributed by atoms with Crippen LogP contribution >= 0.6 is 11.3 Å². The number of hydrogen-bond acceptors (Lipinski definition) is 4. The first-order chi connectivity index (χ1) is 12.1. The molecule has 2 aliphatic rings. The normalized spacial score (nSPS) is 22.4. The van der Waals surface area contributed by atoms with Gasteiger partial charge in [-0.3, -0.25) is 9.69 Å². The van der Waals surface area contributed by atoms with Crippen LogP contribution in [-0.4, -0.2) is 21.8 Å². The van der Waals surface area contributed by atoms with Crippen molar-refractivity contribution < 1.29 is 9.59 Å². The van der Waals surface area contributed by atoms with Crippen molar-refractivity contribution in [2.24, 2.45) is 0 Å². The van der Waals surface area contributed by atoms with Crippen molar-refractivity contribution >= 4 is 23.3 Å². The zero-order valence-corrected chi connectivity index (χ0v) is 15.1. The van der Waals surface area contributed by atoms with Crippen LogP contribution in [0.15, 0.2) is 29.6 Å². The third-order valence-electron chi connectivity index (χ3n) is 5.03. The van der Waals surface area contributed by atoms with E-state index >= 15 is 0 Å². The van der Waals surface area contributed by atoms with Crippen LogP contribution < -0.4 is 5.32 Å². The smallest absolute Gasteiger partial charge is 0.319 e. The largest absolute Gasteiger partial charge is 0.325 e. The zero-order valence-electron chi connectivity index (χ0n) is 14.2. The summed E-state index contributed by atoms with van der Waals surface area (Å²) in [4.78, 5) is 31.7. The Kier molecular flexibility index (Phi) is 4.07. The van der Waals surface area contributed by atoms with Crippen molar-refractivity contribution in [1.29, 1.82) is 0 Å². The summed E-state index contributed by atoms with van der Waals surface area (Å²) in [5.41, 5.74) is 2.00. The van der Waals surface area contributed by atoms with Gasteiger partial charge in [0.2, 0.25) is 0 Å². The number of amides is 3. The maximum absolute atomic E-state index is 13.2. The van der Waals surface area contributed by atoms with E-state index in [-0.39, 0.29) is 18.5 Å². The minimum Gasteiger partial charge on any atom is -0.319 e. The maximum atomic E-state index is 13.2. The van der Waals surface area contributed by atoms with Crippen LogP contribution in [0.25, 0.3) is 0 Å². The average molecular weight is 355 g/mol. The molecule has 4 rings (SSSR count). The summed E-state index contributed by atoms with van der Waals surface area (Å²) in [5, 5.41) is 6.00. The molecule has 1 aliphatic heterocycles. The Hall–Kier alpha value is -2.21. The Bertz CT molecular complexity index is 832. The number of thiazole rings is 1. The van der Waals surface area contributed by atoms with Gasteiger partial charge < -0.3 is 5.32 Å². The number of aryl methyl sites for hydroxylation is 2. The van der Waals surface area contributed by atoms with E-state index in [9.17, 15) is 9.59 Å². The average Bonchev–Trinajstić information content (AvgIpc) is 3.15. The fraction of sp³-hybridized carbons (Fsp3) is 0.421. The van der Waals surface area contributed by atoms with Gasteiger partial charge in [0.15, 0.2) is 0 Å². The molecule has 1 atom stereocenters. The second-order valence-electron chi connectivity index (χ2n) is 6.72. The highest BCUT2D eigenvalue weighted by atomic mass is 32.1. The molecule has 1 N–H and O–H groups in total. The molecule has 1 unspecified atom stereocenters. The molecule has 1 aromatic heterocycles. The Labute approximate surface area is 151 Å². The number of carbonyl (C=O) groups is 2. The van der Waals surface area contributed by atoms with Crippen molar-refractivity contribution in [3.8, 4) is 0 Å². The number of rotatable bonds is 4. The minimum atomic E-state index is -0.895. The summed E-state index contributed by atoms with van der Waals surface area (Å²) in [5.74, 6) is -0.144. The van der Waals surface area contributed by atoms with Crippen LogP contribution in [0.3, 0.4) is 0 Å². The maximum Gasteiger partial charge on any atom is 0.325 e. The second kappa shape index (κ2) is 6.26. The van der Waals surface area contributed by atoms with Crippen LogP contribution in [0.2, 0.25) is 0 Å².